The van der Waals surface area contributed by atoms with Gasteiger partial charge in [0.25, 0.3) is 0 Å². The van der Waals surface area contributed by atoms with E-state index >= 15 is 0 Å². The number of hydrogen-bond donors (Lipinski definition) is 1. The highest BCUT2D eigenvalue weighted by molar-refractivity contribution is 6.30. The minimum Gasteiger partial charge on any atom is -0.492 e. The summed E-state index contributed by atoms with van der Waals surface area (Å²) >= 11 is 5.83. The number of nitrogens with zero attached hydrogens (tertiary/aromatic N) is 2. The first-order valence-corrected chi connectivity index (χ1v) is 9.31. The number of nitrogens with one attached hydrogen (secondary N) is 1. The van der Waals surface area contributed by atoms with E-state index in [0.717, 1.165) is 17.5 Å². The summed E-state index contributed by atoms with van der Waals surface area (Å²) in [6, 6.07) is 14.6. The van der Waals surface area contributed by atoms with E-state index in [4.69, 9.17) is 16.3 Å². The number of aryl methyl sites for hydroxylation is 1. The largest absolute Gasteiger partial charge is 0.492 e. The van der Waals surface area contributed by atoms with Crippen LogP contribution in [0.15, 0.2) is 53.3 Å². The van der Waals surface area contributed by atoms with E-state index in [-0.39, 0.29) is 18.1 Å². The summed E-state index contributed by atoms with van der Waals surface area (Å²) in [7, 11) is 0. The molecule has 7 heteroatoms. The zero-order chi connectivity index (χ0) is 19.2. The van der Waals surface area contributed by atoms with E-state index in [1.54, 1.807) is 28.8 Å². The van der Waals surface area contributed by atoms with Gasteiger partial charge in [-0.2, -0.15) is 0 Å². The van der Waals surface area contributed by atoms with Gasteiger partial charge in [-0.15, -0.1) is 0 Å². The van der Waals surface area contributed by atoms with Crippen molar-refractivity contribution in [2.75, 3.05) is 13.2 Å². The second-order valence-electron chi connectivity index (χ2n) is 6.16. The van der Waals surface area contributed by atoms with E-state index in [1.807, 2.05) is 31.2 Å². The fourth-order valence-electron chi connectivity index (χ4n) is 2.95. The van der Waals surface area contributed by atoms with Crippen LogP contribution in [0.4, 0.5) is 0 Å². The first kappa shape index (κ1) is 19.0. The van der Waals surface area contributed by atoms with Gasteiger partial charge in [-0.1, -0.05) is 30.7 Å². The maximum absolute atomic E-state index is 12.7. The van der Waals surface area contributed by atoms with Crippen LogP contribution in [0, 0.1) is 0 Å². The molecule has 0 fully saturated rings. The second-order valence-corrected chi connectivity index (χ2v) is 6.60. The summed E-state index contributed by atoms with van der Waals surface area (Å²) in [6.45, 7) is 3.32. The van der Waals surface area contributed by atoms with Gasteiger partial charge in [-0.25, -0.2) is 4.79 Å². The molecule has 27 heavy (non-hydrogen) atoms. The van der Waals surface area contributed by atoms with Crippen molar-refractivity contribution in [1.29, 1.82) is 0 Å². The summed E-state index contributed by atoms with van der Waals surface area (Å²) in [4.78, 5) is 24.9. The van der Waals surface area contributed by atoms with Crippen LogP contribution in [0.5, 0.6) is 5.75 Å². The molecule has 3 rings (SSSR count). The molecular weight excluding hydrogens is 366 g/mol. The van der Waals surface area contributed by atoms with Gasteiger partial charge in [0, 0.05) is 11.6 Å². The Bertz CT molecular complexity index is 976. The molecule has 0 spiro atoms. The normalized spacial score (nSPS) is 10.9. The highest BCUT2D eigenvalue weighted by Gasteiger charge is 2.14. The third-order valence-corrected chi connectivity index (χ3v) is 4.43. The van der Waals surface area contributed by atoms with Crippen LogP contribution < -0.4 is 15.7 Å². The molecule has 2 aromatic carbocycles. The summed E-state index contributed by atoms with van der Waals surface area (Å²) in [5, 5.41) is 3.43. The van der Waals surface area contributed by atoms with Gasteiger partial charge in [0.15, 0.2) is 0 Å². The third kappa shape index (κ3) is 4.52. The molecule has 1 heterocycles. The van der Waals surface area contributed by atoms with E-state index in [2.05, 4.69) is 5.32 Å². The molecule has 1 aromatic heterocycles. The number of ether oxygens (including phenoxy) is 1. The molecular formula is C20H22ClN3O3. The Labute approximate surface area is 162 Å². The predicted octanol–water partition coefficient (Wildman–Crippen LogP) is 3.06. The third-order valence-electron chi connectivity index (χ3n) is 4.18. The number of carbonyl (C=O) groups is 1. The molecule has 0 bridgehead atoms. The minimum absolute atomic E-state index is 0.0169. The van der Waals surface area contributed by atoms with Crippen LogP contribution in [0.2, 0.25) is 5.02 Å². The number of para-hydroxylation sites is 2. The maximum atomic E-state index is 12.7. The number of halogens is 1. The first-order valence-electron chi connectivity index (χ1n) is 8.93. The van der Waals surface area contributed by atoms with Crippen molar-refractivity contribution in [2.24, 2.45) is 0 Å². The summed E-state index contributed by atoms with van der Waals surface area (Å²) in [5.41, 5.74) is 1.46. The Morgan fingerprint density at radius 2 is 1.74 bits per heavy atom. The molecule has 3 aromatic rings. The fraction of sp³-hybridized carbons (Fsp3) is 0.300. The first-order chi connectivity index (χ1) is 13.1. The molecule has 0 atom stereocenters. The monoisotopic (exact) mass is 387 g/mol. The van der Waals surface area contributed by atoms with Gasteiger partial charge in [0.1, 0.15) is 18.9 Å². The Morgan fingerprint density at radius 1 is 1.07 bits per heavy atom. The van der Waals surface area contributed by atoms with Crippen LogP contribution in [0.3, 0.4) is 0 Å². The molecule has 0 unspecified atom stereocenters. The number of rotatable bonds is 8. The Balaban J connectivity index is 1.60. The van der Waals surface area contributed by atoms with E-state index in [1.165, 1.54) is 4.57 Å². The van der Waals surface area contributed by atoms with Gasteiger partial charge in [-0.05, 0) is 42.8 Å². The van der Waals surface area contributed by atoms with E-state index in [0.29, 0.717) is 30.5 Å². The quantitative estimate of drug-likeness (QED) is 0.604. The smallest absolute Gasteiger partial charge is 0.329 e. The van der Waals surface area contributed by atoms with E-state index in [9.17, 15) is 9.59 Å². The zero-order valence-electron chi connectivity index (χ0n) is 15.2. The van der Waals surface area contributed by atoms with Gasteiger partial charge >= 0.3 is 5.69 Å². The SMILES string of the molecule is CCCn1c(=O)n(CC(=O)NCCOc2ccc(Cl)cc2)c2ccccc21. The van der Waals surface area contributed by atoms with Crippen LogP contribution in [-0.2, 0) is 17.9 Å². The lowest BCUT2D eigenvalue weighted by atomic mass is 10.3. The Hall–Kier alpha value is -2.73. The van der Waals surface area contributed by atoms with Gasteiger partial charge in [-0.3, -0.25) is 13.9 Å². The molecule has 0 aliphatic heterocycles. The number of imidazole rings is 1. The van der Waals surface area contributed by atoms with Crippen molar-refractivity contribution in [2.45, 2.75) is 26.4 Å². The van der Waals surface area contributed by atoms with Crippen LogP contribution >= 0.6 is 11.6 Å². The molecule has 1 N–H and O–H groups in total. The van der Waals surface area contributed by atoms with Crippen LogP contribution in [0.1, 0.15) is 13.3 Å². The van der Waals surface area contributed by atoms with Crippen molar-refractivity contribution in [1.82, 2.24) is 14.5 Å². The van der Waals surface area contributed by atoms with Crippen molar-refractivity contribution in [3.05, 3.63) is 64.0 Å². The molecule has 0 saturated carbocycles. The minimum atomic E-state index is -0.226. The van der Waals surface area contributed by atoms with Crippen molar-refractivity contribution in [3.8, 4) is 5.75 Å². The maximum Gasteiger partial charge on any atom is 0.329 e. The molecule has 1 amide bonds. The Morgan fingerprint density at radius 3 is 2.41 bits per heavy atom. The number of amides is 1. The molecule has 0 saturated heterocycles. The fourth-order valence-corrected chi connectivity index (χ4v) is 3.08. The molecule has 6 nitrogen and oxygen atoms in total. The second kappa shape index (κ2) is 8.77. The Kier molecular flexibility index (Phi) is 6.19. The molecule has 0 radical (unpaired) electrons. The van der Waals surface area contributed by atoms with Crippen LogP contribution in [0.25, 0.3) is 11.0 Å². The van der Waals surface area contributed by atoms with Crippen molar-refractivity contribution >= 4 is 28.5 Å². The summed E-state index contributed by atoms with van der Waals surface area (Å²) < 4.78 is 8.77. The summed E-state index contributed by atoms with van der Waals surface area (Å²) in [6.07, 6.45) is 0.849. The van der Waals surface area contributed by atoms with Gasteiger partial charge < -0.3 is 10.1 Å². The number of aromatic nitrogens is 2. The topological polar surface area (TPSA) is 65.3 Å². The predicted molar refractivity (Wildman–Crippen MR) is 106 cm³/mol. The lowest BCUT2D eigenvalue weighted by molar-refractivity contribution is -0.121. The number of carbonyl (C=O) groups excluding carboxylic acids is 1. The van der Waals surface area contributed by atoms with Gasteiger partial charge in [0.05, 0.1) is 17.6 Å². The van der Waals surface area contributed by atoms with Crippen molar-refractivity contribution in [3.63, 3.8) is 0 Å². The number of hydrogen-bond acceptors (Lipinski definition) is 3. The average Bonchev–Trinajstić information content (AvgIpc) is 2.93. The van der Waals surface area contributed by atoms with Gasteiger partial charge in [0.2, 0.25) is 5.91 Å². The van der Waals surface area contributed by atoms with Crippen LogP contribution in [-0.4, -0.2) is 28.2 Å². The number of fused-ring (bicyclic) bond motifs is 1. The lowest BCUT2D eigenvalue weighted by Gasteiger charge is -2.08. The van der Waals surface area contributed by atoms with Crippen molar-refractivity contribution < 1.29 is 9.53 Å². The highest BCUT2D eigenvalue weighted by atomic mass is 35.5. The zero-order valence-corrected chi connectivity index (χ0v) is 15.9. The molecule has 142 valence electrons. The molecule has 0 aliphatic rings. The molecule has 0 aliphatic carbocycles. The average molecular weight is 388 g/mol. The van der Waals surface area contributed by atoms with E-state index < -0.39 is 0 Å². The lowest BCUT2D eigenvalue weighted by Crippen LogP contribution is -2.35. The highest BCUT2D eigenvalue weighted by Crippen LogP contribution is 2.15. The standard InChI is InChI=1S/C20H22ClN3O3/c1-2-12-23-17-5-3-4-6-18(17)24(20(23)26)14-19(25)22-11-13-27-16-9-7-15(21)8-10-16/h3-10H,2,11-14H2,1H3,(H,22,25). The number of benzene rings is 2. The summed E-state index contributed by atoms with van der Waals surface area (Å²) in [5.74, 6) is 0.462.